The number of fused-ring (bicyclic) bond motifs is 1. The van der Waals surface area contributed by atoms with Gasteiger partial charge in [0.25, 0.3) is 5.67 Å². The lowest BCUT2D eigenvalue weighted by Gasteiger charge is -2.48. The minimum atomic E-state index is -3.10. The number of hydrogen-bond acceptors (Lipinski definition) is 15. The Kier molecular flexibility index (Phi) is 15.0. The fourth-order valence-corrected chi connectivity index (χ4v) is 9.53. The summed E-state index contributed by atoms with van der Waals surface area (Å²) in [4.78, 5) is 50.2. The van der Waals surface area contributed by atoms with Crippen LogP contribution in [0.4, 0.5) is 15.0 Å². The van der Waals surface area contributed by atoms with Crippen molar-refractivity contribution in [1.29, 1.82) is 0 Å². The predicted molar refractivity (Wildman–Crippen MR) is 220 cm³/mol. The minimum Gasteiger partial charge on any atom is -0.455 e. The molecule has 2 aromatic rings. The highest BCUT2D eigenvalue weighted by Crippen LogP contribution is 2.41. The van der Waals surface area contributed by atoms with Gasteiger partial charge in [-0.05, 0) is 99.9 Å². The number of methoxy groups -OCH3 is 2. The van der Waals surface area contributed by atoms with Crippen molar-refractivity contribution in [2.45, 2.75) is 166 Å². The van der Waals surface area contributed by atoms with E-state index in [0.29, 0.717) is 49.6 Å². The van der Waals surface area contributed by atoms with Crippen LogP contribution in [0.3, 0.4) is 0 Å². The maximum atomic E-state index is 17.0. The van der Waals surface area contributed by atoms with Crippen molar-refractivity contribution in [2.24, 2.45) is 5.92 Å². The Balaban J connectivity index is 1.43. The van der Waals surface area contributed by atoms with Gasteiger partial charge in [0.15, 0.2) is 17.7 Å². The van der Waals surface area contributed by atoms with E-state index < -0.39 is 77.3 Å². The summed E-state index contributed by atoms with van der Waals surface area (Å²) in [5.74, 6) is -3.26. The van der Waals surface area contributed by atoms with Crippen molar-refractivity contribution in [3.63, 3.8) is 0 Å². The zero-order valence-electron chi connectivity index (χ0n) is 37.3. The molecule has 3 fully saturated rings. The van der Waals surface area contributed by atoms with Crippen molar-refractivity contribution in [3.8, 4) is 11.4 Å². The van der Waals surface area contributed by atoms with Gasteiger partial charge in [-0.3, -0.25) is 14.4 Å². The van der Waals surface area contributed by atoms with Crippen LogP contribution in [0.15, 0.2) is 24.4 Å². The Morgan fingerprint density at radius 2 is 1.75 bits per heavy atom. The number of cyclic esters (lactones) is 1. The molecule has 3 aliphatic rings. The number of carbonyl (C=O) groups is 3. The van der Waals surface area contributed by atoms with Crippen LogP contribution >= 0.6 is 0 Å². The number of aryl methyl sites for hydroxylation is 1. The molecule has 60 heavy (non-hydrogen) atoms. The average Bonchev–Trinajstić information content (AvgIpc) is 3.77. The fourth-order valence-electron chi connectivity index (χ4n) is 9.53. The molecule has 13 atom stereocenters. The number of esters is 1. The number of alkyl halides is 1. The van der Waals surface area contributed by atoms with E-state index in [2.05, 4.69) is 20.6 Å². The molecule has 18 heteroatoms. The van der Waals surface area contributed by atoms with Gasteiger partial charge in [0, 0.05) is 51.4 Å². The van der Waals surface area contributed by atoms with E-state index >= 15 is 4.39 Å². The topological polar surface area (TPSA) is 195 Å². The lowest BCUT2D eigenvalue weighted by Crippen LogP contribution is -2.64. The monoisotopic (exact) mass is 847 g/mol. The number of likely N-dealkylation sites (N-methyl/N-ethyl adjacent to an activating group) is 1. The average molecular weight is 847 g/mol. The molecule has 0 aliphatic carbocycles. The number of anilines is 1. The lowest BCUT2D eigenvalue weighted by molar-refractivity contribution is -0.299. The molecule has 5 rings (SSSR count). The van der Waals surface area contributed by atoms with E-state index in [4.69, 9.17) is 34.2 Å². The van der Waals surface area contributed by atoms with Crippen molar-refractivity contribution < 1.29 is 47.2 Å². The summed E-state index contributed by atoms with van der Waals surface area (Å²) in [7, 11) is 6.98. The standard InChI is InChI=1S/C42H67FN8O9/c1-13-31-42(8)34(51(39(54)60-42)20-15-14-19-50-23-29(47-48-50)28-17-16-18-32(44)46-28)27(5)45-24(2)22-40(6,56-12)36(26(4)35(52)41(7,43)38(53)58-31)59-37-33(55-11)30(49(9)10)21-25(3)57-37/h16-18,23-27,30-31,33-34,36-37,45H,13-15,19-22H2,1-12H3,(H2,44,46)/t24-,25-,26+,27-,30+,31-,33-,34-,36-,37?,40+,41+,42-/m1/s1. The Labute approximate surface area is 353 Å². The first-order valence-electron chi connectivity index (χ1n) is 21.1. The maximum Gasteiger partial charge on any atom is 0.410 e. The number of rotatable bonds is 12. The highest BCUT2D eigenvalue weighted by Gasteiger charge is 2.60. The Bertz CT molecular complexity index is 1800. The molecule has 17 nitrogen and oxygen atoms in total. The van der Waals surface area contributed by atoms with Crippen molar-refractivity contribution in [1.82, 2.24) is 35.1 Å². The van der Waals surface area contributed by atoms with E-state index in [-0.39, 0.29) is 31.0 Å². The number of pyridine rings is 1. The van der Waals surface area contributed by atoms with Gasteiger partial charge < -0.3 is 44.4 Å². The third-order valence-electron chi connectivity index (χ3n) is 12.7. The lowest BCUT2D eigenvalue weighted by atomic mass is 9.78. The number of carbonyl (C=O) groups excluding carboxylic acids is 3. The second-order valence-corrected chi connectivity index (χ2v) is 17.6. The minimum absolute atomic E-state index is 0.0857. The summed E-state index contributed by atoms with van der Waals surface area (Å²) in [5.41, 5.74) is 1.29. The molecule has 5 heterocycles. The summed E-state index contributed by atoms with van der Waals surface area (Å²) in [5, 5.41) is 12.1. The van der Waals surface area contributed by atoms with Crippen molar-refractivity contribution in [2.75, 3.05) is 40.6 Å². The Hall–Kier alpha value is -3.81. The van der Waals surface area contributed by atoms with E-state index in [1.54, 1.807) is 55.8 Å². The molecule has 1 amide bonds. The molecule has 0 bridgehead atoms. The number of amides is 1. The fraction of sp³-hybridized carbons (Fsp3) is 0.762. The number of nitrogen functional groups attached to an aromatic ring is 1. The summed E-state index contributed by atoms with van der Waals surface area (Å²) >= 11 is 0. The van der Waals surface area contributed by atoms with Crippen LogP contribution in [0.1, 0.15) is 87.5 Å². The van der Waals surface area contributed by atoms with Crippen LogP contribution < -0.4 is 11.1 Å². The van der Waals surface area contributed by atoms with E-state index in [9.17, 15) is 14.4 Å². The highest BCUT2D eigenvalue weighted by atomic mass is 19.1. The number of nitrogens with one attached hydrogen (secondary N) is 1. The molecular weight excluding hydrogens is 780 g/mol. The molecule has 0 radical (unpaired) electrons. The summed E-state index contributed by atoms with van der Waals surface area (Å²) in [6.45, 7) is 14.4. The normalized spacial score (nSPS) is 37.1. The Morgan fingerprint density at radius 3 is 2.38 bits per heavy atom. The number of unbranched alkanes of at least 4 members (excludes halogenated alkanes) is 1. The molecule has 3 aliphatic heterocycles. The third kappa shape index (κ3) is 9.78. The molecule has 0 spiro atoms. The quantitative estimate of drug-likeness (QED) is 0.175. The van der Waals surface area contributed by atoms with E-state index in [0.717, 1.165) is 6.92 Å². The van der Waals surface area contributed by atoms with Gasteiger partial charge in [-0.15, -0.1) is 5.10 Å². The van der Waals surface area contributed by atoms with Crippen LogP contribution in [0, 0.1) is 5.92 Å². The molecule has 0 saturated carbocycles. The van der Waals surface area contributed by atoms with Gasteiger partial charge >= 0.3 is 12.1 Å². The zero-order valence-corrected chi connectivity index (χ0v) is 37.3. The number of hydrogen-bond donors (Lipinski definition) is 2. The molecule has 336 valence electrons. The molecule has 1 unspecified atom stereocenters. The summed E-state index contributed by atoms with van der Waals surface area (Å²) in [6.07, 6.45) is -0.399. The van der Waals surface area contributed by atoms with Crippen LogP contribution in [-0.2, 0) is 44.6 Å². The van der Waals surface area contributed by atoms with Gasteiger partial charge in [0.05, 0.1) is 35.7 Å². The maximum absolute atomic E-state index is 17.0. The van der Waals surface area contributed by atoms with Crippen LogP contribution in [0.5, 0.6) is 0 Å². The smallest absolute Gasteiger partial charge is 0.410 e. The first-order chi connectivity index (χ1) is 28.2. The molecule has 0 aromatic carbocycles. The number of ether oxygens (including phenoxy) is 6. The van der Waals surface area contributed by atoms with Gasteiger partial charge in [0.2, 0.25) is 0 Å². The predicted octanol–water partition coefficient (Wildman–Crippen LogP) is 4.18. The number of ketones is 1. The third-order valence-corrected chi connectivity index (χ3v) is 12.7. The second-order valence-electron chi connectivity index (χ2n) is 17.6. The molecule has 3 saturated heterocycles. The van der Waals surface area contributed by atoms with Crippen LogP contribution in [0.2, 0.25) is 0 Å². The number of halogens is 1. The molecular formula is C42H67FN8O9. The molecule has 2 aromatic heterocycles. The molecule has 3 N–H and O–H groups in total. The Morgan fingerprint density at radius 1 is 1.05 bits per heavy atom. The van der Waals surface area contributed by atoms with Crippen molar-refractivity contribution in [3.05, 3.63) is 24.4 Å². The second kappa shape index (κ2) is 19.1. The summed E-state index contributed by atoms with van der Waals surface area (Å²) in [6, 6.07) is 3.80. The van der Waals surface area contributed by atoms with Gasteiger partial charge in [0.1, 0.15) is 23.7 Å². The van der Waals surface area contributed by atoms with Gasteiger partial charge in [-0.1, -0.05) is 25.1 Å². The van der Waals surface area contributed by atoms with Crippen LogP contribution in [0.25, 0.3) is 11.4 Å². The number of Topliss-reactive ketones (excluding diaryl/α,β-unsaturated/α-hetero) is 1. The first-order valence-corrected chi connectivity index (χ1v) is 21.1. The highest BCUT2D eigenvalue weighted by molar-refractivity contribution is 6.07. The SMILES string of the molecule is CC[C@H]1OC(=O)[C@@](C)(F)C(=O)[C@H](C)[C@@H](OC2O[C@H](C)C[C@H](N(C)C)[C@H]2OC)[C@@](C)(OC)C[C@@H](C)N[C@H](C)[C@H]2N(CCCCn3cc(-c4cccc(N)n4)nn3)C(=O)O[C@]12C. The number of aromatic nitrogens is 4. The zero-order chi connectivity index (χ0) is 44.3. The largest absolute Gasteiger partial charge is 0.455 e. The van der Waals surface area contributed by atoms with Gasteiger partial charge in [-0.2, -0.15) is 0 Å². The first kappa shape index (κ1) is 47.2. The van der Waals surface area contributed by atoms with E-state index in [1.807, 2.05) is 45.8 Å². The van der Waals surface area contributed by atoms with Crippen LogP contribution in [-0.4, -0.2) is 154 Å². The number of nitrogens with two attached hydrogens (primary N) is 1. The van der Waals surface area contributed by atoms with Crippen molar-refractivity contribution >= 4 is 23.7 Å². The van der Waals surface area contributed by atoms with Gasteiger partial charge in [-0.25, -0.2) is 19.0 Å². The van der Waals surface area contributed by atoms with E-state index in [1.165, 1.54) is 14.0 Å². The summed E-state index contributed by atoms with van der Waals surface area (Å²) < 4.78 is 56.0. The number of nitrogens with zero attached hydrogens (tertiary/aromatic N) is 6.